The zero-order chi connectivity index (χ0) is 18.3. The van der Waals surface area contributed by atoms with Crippen molar-refractivity contribution in [2.24, 2.45) is 0 Å². The Balaban J connectivity index is 1.64. The lowest BCUT2D eigenvalue weighted by molar-refractivity contribution is 0.0630. The topological polar surface area (TPSA) is 63.9 Å². The molecule has 3 aromatic rings. The Labute approximate surface area is 152 Å². The highest BCUT2D eigenvalue weighted by atomic mass is 16.2. The number of nitrogens with zero attached hydrogens (tertiary/aromatic N) is 5. The van der Waals surface area contributed by atoms with Crippen LogP contribution in [-0.2, 0) is 6.54 Å². The second-order valence-corrected chi connectivity index (χ2v) is 6.70. The highest BCUT2D eigenvalue weighted by Gasteiger charge is 2.31. The van der Waals surface area contributed by atoms with Gasteiger partial charge in [-0.1, -0.05) is 30.3 Å². The first-order valence-corrected chi connectivity index (χ1v) is 8.79. The summed E-state index contributed by atoms with van der Waals surface area (Å²) in [5.74, 6) is 1.55. The number of aryl methyl sites for hydroxylation is 2. The normalized spacial score (nSPS) is 16.4. The molecule has 0 bridgehead atoms. The fourth-order valence-corrected chi connectivity index (χ4v) is 3.47. The quantitative estimate of drug-likeness (QED) is 0.714. The van der Waals surface area contributed by atoms with E-state index < -0.39 is 0 Å². The van der Waals surface area contributed by atoms with Crippen LogP contribution >= 0.6 is 0 Å². The van der Waals surface area contributed by atoms with Gasteiger partial charge in [-0.25, -0.2) is 9.67 Å². The van der Waals surface area contributed by atoms with Crippen LogP contribution in [0.1, 0.15) is 40.5 Å². The Bertz CT molecular complexity index is 943. The lowest BCUT2D eigenvalue weighted by Gasteiger charge is -2.33. The molecule has 0 saturated carbocycles. The van der Waals surface area contributed by atoms with Crippen LogP contribution in [0.3, 0.4) is 0 Å². The van der Waals surface area contributed by atoms with Crippen molar-refractivity contribution < 1.29 is 4.79 Å². The van der Waals surface area contributed by atoms with E-state index in [0.717, 1.165) is 22.8 Å². The van der Waals surface area contributed by atoms with Crippen LogP contribution in [0.2, 0.25) is 0 Å². The van der Waals surface area contributed by atoms with Gasteiger partial charge in [-0.15, -0.1) is 0 Å². The van der Waals surface area contributed by atoms with Crippen molar-refractivity contribution in [1.82, 2.24) is 24.6 Å². The predicted molar refractivity (Wildman–Crippen MR) is 98.6 cm³/mol. The van der Waals surface area contributed by atoms with Crippen LogP contribution in [0, 0.1) is 13.8 Å². The molecule has 1 aliphatic rings. The highest BCUT2D eigenvalue weighted by molar-refractivity contribution is 5.94. The standard InChI is InChI=1S/C20H21N5O/c1-13-11-17(12-14(2)21-13)20(26)24-9-10-25-19(15(24)3)22-18(23-25)16-7-5-4-6-8-16/h4-8,11-12,15H,9-10H2,1-3H3/t15-/m0/s1. The molecule has 1 aliphatic heterocycles. The van der Waals surface area contributed by atoms with Crippen molar-refractivity contribution in [2.45, 2.75) is 33.4 Å². The largest absolute Gasteiger partial charge is 0.327 e. The number of pyridine rings is 1. The lowest BCUT2D eigenvalue weighted by Crippen LogP contribution is -2.41. The van der Waals surface area contributed by atoms with Gasteiger partial charge in [-0.2, -0.15) is 5.10 Å². The molecule has 26 heavy (non-hydrogen) atoms. The molecule has 1 amide bonds. The number of amides is 1. The summed E-state index contributed by atoms with van der Waals surface area (Å²) < 4.78 is 1.92. The summed E-state index contributed by atoms with van der Waals surface area (Å²) in [5, 5.41) is 4.62. The van der Waals surface area contributed by atoms with Crippen LogP contribution in [0.25, 0.3) is 11.4 Å². The van der Waals surface area contributed by atoms with Gasteiger partial charge in [0.05, 0.1) is 12.6 Å². The zero-order valence-electron chi connectivity index (χ0n) is 15.2. The molecular weight excluding hydrogens is 326 g/mol. The predicted octanol–water partition coefficient (Wildman–Crippen LogP) is 3.17. The number of rotatable bonds is 2. The van der Waals surface area contributed by atoms with Crippen LogP contribution in [0.15, 0.2) is 42.5 Å². The summed E-state index contributed by atoms with van der Waals surface area (Å²) in [6, 6.07) is 13.5. The van der Waals surface area contributed by atoms with E-state index in [9.17, 15) is 4.79 Å². The van der Waals surface area contributed by atoms with E-state index in [1.54, 1.807) is 0 Å². The van der Waals surface area contributed by atoms with E-state index in [1.165, 1.54) is 0 Å². The average molecular weight is 347 g/mol. The molecule has 1 atom stereocenters. The second kappa shape index (κ2) is 6.37. The van der Waals surface area contributed by atoms with E-state index in [0.29, 0.717) is 24.5 Å². The Morgan fingerprint density at radius 1 is 1.04 bits per heavy atom. The van der Waals surface area contributed by atoms with Crippen LogP contribution < -0.4 is 0 Å². The Morgan fingerprint density at radius 2 is 1.73 bits per heavy atom. The number of benzene rings is 1. The average Bonchev–Trinajstić information content (AvgIpc) is 3.07. The molecule has 2 aromatic heterocycles. The highest BCUT2D eigenvalue weighted by Crippen LogP contribution is 2.27. The van der Waals surface area contributed by atoms with Gasteiger partial charge >= 0.3 is 0 Å². The third-order valence-corrected chi connectivity index (χ3v) is 4.72. The minimum absolute atomic E-state index is 0.0154. The third kappa shape index (κ3) is 2.87. The third-order valence-electron chi connectivity index (χ3n) is 4.72. The van der Waals surface area contributed by atoms with Crippen LogP contribution in [0.4, 0.5) is 0 Å². The number of aromatic nitrogens is 4. The molecule has 0 N–H and O–H groups in total. The Hall–Kier alpha value is -3.02. The van der Waals surface area contributed by atoms with E-state index in [2.05, 4.69) is 10.1 Å². The fourth-order valence-electron chi connectivity index (χ4n) is 3.47. The summed E-state index contributed by atoms with van der Waals surface area (Å²) in [7, 11) is 0. The first-order valence-electron chi connectivity index (χ1n) is 8.79. The van der Waals surface area contributed by atoms with Gasteiger partial charge in [-0.3, -0.25) is 9.78 Å². The molecule has 0 fully saturated rings. The molecule has 0 unspecified atom stereocenters. The minimum atomic E-state index is -0.130. The fraction of sp³-hybridized carbons (Fsp3) is 0.300. The van der Waals surface area contributed by atoms with E-state index in [1.807, 2.05) is 72.8 Å². The second-order valence-electron chi connectivity index (χ2n) is 6.70. The van der Waals surface area contributed by atoms with Crippen molar-refractivity contribution in [3.05, 3.63) is 65.2 Å². The number of hydrogen-bond donors (Lipinski definition) is 0. The summed E-state index contributed by atoms with van der Waals surface area (Å²) in [6.45, 7) is 7.09. The molecular formula is C20H21N5O. The SMILES string of the molecule is Cc1cc(C(=O)N2CCn3nc(-c4ccccc4)nc3[C@@H]2C)cc(C)n1. The monoisotopic (exact) mass is 347 g/mol. The van der Waals surface area contributed by atoms with Crippen LogP contribution in [0.5, 0.6) is 0 Å². The maximum absolute atomic E-state index is 13.0. The van der Waals surface area contributed by atoms with Crippen LogP contribution in [-0.4, -0.2) is 37.1 Å². The molecule has 6 heteroatoms. The van der Waals surface area contributed by atoms with Gasteiger partial charge in [0.1, 0.15) is 5.82 Å². The minimum Gasteiger partial charge on any atom is -0.327 e. The molecule has 4 rings (SSSR count). The van der Waals surface area contributed by atoms with Crippen molar-refractivity contribution in [3.63, 3.8) is 0 Å². The first-order chi connectivity index (χ1) is 12.5. The van der Waals surface area contributed by atoms with Crippen molar-refractivity contribution in [1.29, 1.82) is 0 Å². The van der Waals surface area contributed by atoms with Gasteiger partial charge in [0, 0.05) is 29.1 Å². The van der Waals surface area contributed by atoms with Gasteiger partial charge in [0.25, 0.3) is 5.91 Å². The molecule has 3 heterocycles. The molecule has 132 valence electrons. The summed E-state index contributed by atoms with van der Waals surface area (Å²) in [4.78, 5) is 24.0. The smallest absolute Gasteiger partial charge is 0.254 e. The van der Waals surface area contributed by atoms with Crippen molar-refractivity contribution >= 4 is 5.91 Å². The van der Waals surface area contributed by atoms with Gasteiger partial charge < -0.3 is 4.90 Å². The number of carbonyl (C=O) groups is 1. The Morgan fingerprint density at radius 3 is 2.42 bits per heavy atom. The van der Waals surface area contributed by atoms with Gasteiger partial charge in [-0.05, 0) is 32.9 Å². The van der Waals surface area contributed by atoms with E-state index in [-0.39, 0.29) is 11.9 Å². The number of carbonyl (C=O) groups excluding carboxylic acids is 1. The summed E-state index contributed by atoms with van der Waals surface area (Å²) >= 11 is 0. The van der Waals surface area contributed by atoms with E-state index >= 15 is 0 Å². The summed E-state index contributed by atoms with van der Waals surface area (Å²) in [5.41, 5.74) is 3.37. The maximum atomic E-state index is 13.0. The van der Waals surface area contributed by atoms with Crippen molar-refractivity contribution in [2.75, 3.05) is 6.54 Å². The van der Waals surface area contributed by atoms with Gasteiger partial charge in [0.2, 0.25) is 0 Å². The summed E-state index contributed by atoms with van der Waals surface area (Å²) in [6.07, 6.45) is 0. The molecule has 0 radical (unpaired) electrons. The maximum Gasteiger partial charge on any atom is 0.254 e. The molecule has 6 nitrogen and oxygen atoms in total. The number of fused-ring (bicyclic) bond motifs is 1. The zero-order valence-corrected chi connectivity index (χ0v) is 15.2. The van der Waals surface area contributed by atoms with E-state index in [4.69, 9.17) is 4.98 Å². The first kappa shape index (κ1) is 16.4. The molecule has 0 saturated heterocycles. The Kier molecular flexibility index (Phi) is 4.03. The number of hydrogen-bond acceptors (Lipinski definition) is 4. The molecule has 1 aromatic carbocycles. The molecule has 0 aliphatic carbocycles. The lowest BCUT2D eigenvalue weighted by atomic mass is 10.1. The van der Waals surface area contributed by atoms with Crippen molar-refractivity contribution in [3.8, 4) is 11.4 Å². The van der Waals surface area contributed by atoms with Gasteiger partial charge in [0.15, 0.2) is 5.82 Å². The molecule has 0 spiro atoms.